The molecule has 3 nitrogen and oxygen atoms in total. The van der Waals surface area contributed by atoms with E-state index in [1.165, 1.54) is 5.01 Å². The Labute approximate surface area is 66.5 Å². The summed E-state index contributed by atoms with van der Waals surface area (Å²) in [6, 6.07) is 0.205. The number of nitrogens with zero attached hydrogens (tertiary/aromatic N) is 2. The normalized spacial score (nSPS) is 16.3. The van der Waals surface area contributed by atoms with Crippen molar-refractivity contribution >= 4 is 24.5 Å². The monoisotopic (exact) mass is 162 g/mol. The topological polar surface area (TPSA) is 32.7 Å². The van der Waals surface area contributed by atoms with E-state index in [0.717, 1.165) is 0 Å². The van der Waals surface area contributed by atoms with Gasteiger partial charge in [0.1, 0.15) is 0 Å². The van der Waals surface area contributed by atoms with Gasteiger partial charge in [-0.1, -0.05) is 0 Å². The quantitative estimate of drug-likeness (QED) is 0.567. The molecule has 1 aliphatic rings. The third-order valence-corrected chi connectivity index (χ3v) is 1.22. The summed E-state index contributed by atoms with van der Waals surface area (Å²) in [5.41, 5.74) is 0. The Balaban J connectivity index is 0.000000810. The second kappa shape index (κ2) is 3.56. The molecule has 1 amide bonds. The van der Waals surface area contributed by atoms with Crippen molar-refractivity contribution in [2.75, 3.05) is 0 Å². The van der Waals surface area contributed by atoms with Crippen LogP contribution in [0, 0.1) is 0 Å². The molecule has 0 aromatic rings. The van der Waals surface area contributed by atoms with E-state index in [1.54, 1.807) is 6.21 Å². The van der Waals surface area contributed by atoms with Crippen LogP contribution in [-0.4, -0.2) is 23.2 Å². The van der Waals surface area contributed by atoms with Crippen LogP contribution >= 0.6 is 12.4 Å². The molecule has 58 valence electrons. The first-order valence-corrected chi connectivity index (χ1v) is 3.06. The summed E-state index contributed by atoms with van der Waals surface area (Å²) in [4.78, 5) is 10.8. The van der Waals surface area contributed by atoms with Gasteiger partial charge in [-0.25, -0.2) is 5.01 Å². The minimum absolute atomic E-state index is 0. The molecular weight excluding hydrogens is 152 g/mol. The summed E-state index contributed by atoms with van der Waals surface area (Å²) in [6.07, 6.45) is 2.11. The summed E-state index contributed by atoms with van der Waals surface area (Å²) in [5, 5.41) is 5.38. The Bertz CT molecular complexity index is 156. The summed E-state index contributed by atoms with van der Waals surface area (Å²) in [6.45, 7) is 3.89. The Morgan fingerprint density at radius 2 is 2.30 bits per heavy atom. The van der Waals surface area contributed by atoms with E-state index < -0.39 is 0 Å². The van der Waals surface area contributed by atoms with E-state index in [2.05, 4.69) is 5.10 Å². The first-order valence-electron chi connectivity index (χ1n) is 3.06. The third kappa shape index (κ3) is 1.70. The van der Waals surface area contributed by atoms with Crippen molar-refractivity contribution in [2.45, 2.75) is 26.3 Å². The summed E-state index contributed by atoms with van der Waals surface area (Å²) in [5.74, 6) is 0.102. The Morgan fingerprint density at radius 1 is 1.70 bits per heavy atom. The molecule has 1 aliphatic heterocycles. The van der Waals surface area contributed by atoms with Gasteiger partial charge in [0.2, 0.25) is 5.91 Å². The van der Waals surface area contributed by atoms with E-state index in [-0.39, 0.29) is 24.4 Å². The predicted molar refractivity (Wildman–Crippen MR) is 42.3 cm³/mol. The highest BCUT2D eigenvalue weighted by Gasteiger charge is 2.18. The van der Waals surface area contributed by atoms with Gasteiger partial charge in [-0.05, 0) is 13.8 Å². The van der Waals surface area contributed by atoms with Gasteiger partial charge >= 0.3 is 0 Å². The molecule has 0 N–H and O–H groups in total. The van der Waals surface area contributed by atoms with Crippen LogP contribution in [0.2, 0.25) is 0 Å². The standard InChI is InChI=1S/C6H10N2O.ClH/c1-5(2)8-6(9)3-4-7-8;/h4-5H,3H2,1-2H3;1H. The first kappa shape index (κ1) is 9.43. The fourth-order valence-electron chi connectivity index (χ4n) is 0.786. The molecule has 0 fully saturated rings. The zero-order chi connectivity index (χ0) is 6.85. The van der Waals surface area contributed by atoms with Crippen LogP contribution in [0.5, 0.6) is 0 Å². The number of carbonyl (C=O) groups is 1. The van der Waals surface area contributed by atoms with E-state index in [0.29, 0.717) is 6.42 Å². The van der Waals surface area contributed by atoms with Gasteiger partial charge in [-0.3, -0.25) is 4.79 Å². The minimum Gasteiger partial charge on any atom is -0.273 e. The van der Waals surface area contributed by atoms with Crippen molar-refractivity contribution in [1.29, 1.82) is 0 Å². The molecule has 0 aromatic heterocycles. The zero-order valence-electron chi connectivity index (χ0n) is 6.07. The molecule has 0 radical (unpaired) electrons. The molecule has 0 atom stereocenters. The molecular formula is C6H11ClN2O. The molecule has 0 saturated heterocycles. The van der Waals surface area contributed by atoms with E-state index in [9.17, 15) is 4.79 Å². The second-order valence-corrected chi connectivity index (χ2v) is 2.33. The molecule has 0 saturated carbocycles. The van der Waals surface area contributed by atoms with Crippen LogP contribution < -0.4 is 0 Å². The highest BCUT2D eigenvalue weighted by Crippen LogP contribution is 2.06. The van der Waals surface area contributed by atoms with Crippen molar-refractivity contribution in [3.8, 4) is 0 Å². The lowest BCUT2D eigenvalue weighted by atomic mass is 10.3. The number of hydrazone groups is 1. The fourth-order valence-corrected chi connectivity index (χ4v) is 0.786. The van der Waals surface area contributed by atoms with E-state index in [1.807, 2.05) is 13.8 Å². The maximum Gasteiger partial charge on any atom is 0.248 e. The molecule has 10 heavy (non-hydrogen) atoms. The summed E-state index contributed by atoms with van der Waals surface area (Å²) >= 11 is 0. The van der Waals surface area contributed by atoms with Crippen LogP contribution in [0.1, 0.15) is 20.3 Å². The van der Waals surface area contributed by atoms with Gasteiger partial charge in [0.15, 0.2) is 0 Å². The highest BCUT2D eigenvalue weighted by molar-refractivity contribution is 5.93. The summed E-state index contributed by atoms with van der Waals surface area (Å²) in [7, 11) is 0. The highest BCUT2D eigenvalue weighted by atomic mass is 35.5. The van der Waals surface area contributed by atoms with Gasteiger partial charge in [0.05, 0.1) is 6.42 Å². The van der Waals surface area contributed by atoms with Crippen molar-refractivity contribution in [3.63, 3.8) is 0 Å². The van der Waals surface area contributed by atoms with Crippen LogP contribution in [0.25, 0.3) is 0 Å². The van der Waals surface area contributed by atoms with Crippen molar-refractivity contribution in [1.82, 2.24) is 5.01 Å². The van der Waals surface area contributed by atoms with Crippen molar-refractivity contribution < 1.29 is 4.79 Å². The van der Waals surface area contributed by atoms with Gasteiger partial charge in [-0.15, -0.1) is 12.4 Å². The Hall–Kier alpha value is -0.570. The number of rotatable bonds is 1. The van der Waals surface area contributed by atoms with Crippen molar-refractivity contribution in [2.24, 2.45) is 5.10 Å². The molecule has 0 aliphatic carbocycles. The number of amides is 1. The zero-order valence-corrected chi connectivity index (χ0v) is 6.89. The van der Waals surface area contributed by atoms with Crippen LogP contribution in [-0.2, 0) is 4.79 Å². The average molecular weight is 163 g/mol. The maximum absolute atomic E-state index is 10.8. The van der Waals surface area contributed by atoms with Crippen LogP contribution in [0.15, 0.2) is 5.10 Å². The third-order valence-electron chi connectivity index (χ3n) is 1.22. The lowest BCUT2D eigenvalue weighted by molar-refractivity contribution is -0.130. The molecule has 1 rings (SSSR count). The molecule has 4 heteroatoms. The average Bonchev–Trinajstić information content (AvgIpc) is 2.13. The predicted octanol–water partition coefficient (Wildman–Crippen LogP) is 1.03. The van der Waals surface area contributed by atoms with Gasteiger partial charge in [0.25, 0.3) is 0 Å². The summed E-state index contributed by atoms with van der Waals surface area (Å²) < 4.78 is 0. The second-order valence-electron chi connectivity index (χ2n) is 2.33. The smallest absolute Gasteiger partial charge is 0.248 e. The van der Waals surface area contributed by atoms with Crippen molar-refractivity contribution in [3.05, 3.63) is 0 Å². The van der Waals surface area contributed by atoms with Crippen LogP contribution in [0.4, 0.5) is 0 Å². The molecule has 0 spiro atoms. The maximum atomic E-state index is 10.8. The number of hydrogen-bond acceptors (Lipinski definition) is 2. The lowest BCUT2D eigenvalue weighted by Gasteiger charge is -2.15. The van der Waals surface area contributed by atoms with E-state index >= 15 is 0 Å². The van der Waals surface area contributed by atoms with Gasteiger partial charge in [0, 0.05) is 12.3 Å². The fraction of sp³-hybridized carbons (Fsp3) is 0.667. The minimum atomic E-state index is 0. The lowest BCUT2D eigenvalue weighted by Crippen LogP contribution is -2.27. The largest absolute Gasteiger partial charge is 0.273 e. The molecule has 0 unspecified atom stereocenters. The molecule has 0 aromatic carbocycles. The number of hydrogen-bond donors (Lipinski definition) is 0. The Kier molecular flexibility index (Phi) is 3.36. The van der Waals surface area contributed by atoms with Crippen LogP contribution in [0.3, 0.4) is 0 Å². The van der Waals surface area contributed by atoms with Gasteiger partial charge < -0.3 is 0 Å². The molecule has 0 bridgehead atoms. The first-order chi connectivity index (χ1) is 4.22. The number of carbonyl (C=O) groups excluding carboxylic acids is 1. The Morgan fingerprint density at radius 3 is 2.50 bits per heavy atom. The van der Waals surface area contributed by atoms with E-state index in [4.69, 9.17) is 0 Å². The van der Waals surface area contributed by atoms with Gasteiger partial charge in [-0.2, -0.15) is 5.10 Å². The number of halogens is 1. The molecule has 1 heterocycles. The SMILES string of the molecule is CC(C)N1N=CCC1=O.Cl.